The van der Waals surface area contributed by atoms with Gasteiger partial charge >= 0.3 is 6.09 Å². The number of anilines is 4. The molecule has 5 rings (SSSR count). The molecule has 1 N–H and O–H groups in total. The average Bonchev–Trinajstić information content (AvgIpc) is 2.98. The maximum absolute atomic E-state index is 14.9. The van der Waals surface area contributed by atoms with Crippen molar-refractivity contribution in [2.45, 2.75) is 40.2 Å². The topological polar surface area (TPSA) is 113 Å². The minimum absolute atomic E-state index is 0.156. The Kier molecular flexibility index (Phi) is 8.32. The highest BCUT2D eigenvalue weighted by Gasteiger charge is 2.26. The number of nitrogens with one attached hydrogen (secondary N) is 1. The maximum atomic E-state index is 14.9. The molecule has 0 atom stereocenters. The van der Waals surface area contributed by atoms with Crippen molar-refractivity contribution in [2.75, 3.05) is 54.4 Å². The number of fused-ring (bicyclic) bond motifs is 1. The van der Waals surface area contributed by atoms with Gasteiger partial charge in [-0.05, 0) is 58.9 Å². The van der Waals surface area contributed by atoms with Crippen molar-refractivity contribution in [3.8, 4) is 11.3 Å². The first kappa shape index (κ1) is 28.9. The highest BCUT2D eigenvalue weighted by Crippen LogP contribution is 2.26. The van der Waals surface area contributed by atoms with Crippen molar-refractivity contribution in [1.29, 1.82) is 0 Å². The minimum atomic E-state index is -0.540. The summed E-state index contributed by atoms with van der Waals surface area (Å²) >= 11 is 0. The van der Waals surface area contributed by atoms with Gasteiger partial charge in [0.25, 0.3) is 0 Å². The van der Waals surface area contributed by atoms with Crippen LogP contribution in [0.5, 0.6) is 0 Å². The van der Waals surface area contributed by atoms with Crippen molar-refractivity contribution in [1.82, 2.24) is 29.8 Å². The van der Waals surface area contributed by atoms with E-state index in [9.17, 15) is 9.18 Å². The van der Waals surface area contributed by atoms with Crippen LogP contribution in [0.25, 0.3) is 22.3 Å². The number of rotatable bonds is 7. The zero-order valence-corrected chi connectivity index (χ0v) is 24.6. The summed E-state index contributed by atoms with van der Waals surface area (Å²) in [6.07, 6.45) is 4.36. The average molecular weight is 574 g/mol. The smallest absolute Gasteiger partial charge is 0.410 e. The zero-order chi connectivity index (χ0) is 29.9. The number of amides is 1. The third-order valence-corrected chi connectivity index (χ3v) is 6.92. The largest absolute Gasteiger partial charge is 0.444 e. The molecule has 42 heavy (non-hydrogen) atoms. The van der Waals surface area contributed by atoms with Crippen LogP contribution in [0.15, 0.2) is 48.9 Å². The van der Waals surface area contributed by atoms with Crippen molar-refractivity contribution >= 4 is 40.4 Å². The van der Waals surface area contributed by atoms with Crippen LogP contribution in [-0.2, 0) is 4.74 Å². The Morgan fingerprint density at radius 1 is 0.952 bits per heavy atom. The quantitative estimate of drug-likeness (QED) is 0.314. The lowest BCUT2D eigenvalue weighted by Gasteiger charge is -2.36. The summed E-state index contributed by atoms with van der Waals surface area (Å²) in [4.78, 5) is 40.7. The van der Waals surface area contributed by atoms with Gasteiger partial charge in [-0.1, -0.05) is 6.07 Å². The normalized spacial score (nSPS) is 13.8. The van der Waals surface area contributed by atoms with Crippen LogP contribution in [0.4, 0.5) is 32.5 Å². The summed E-state index contributed by atoms with van der Waals surface area (Å²) in [5.74, 6) is 0.980. The SMILES string of the molecule is CCN(CC)c1cnc2ccc(-c3nc(Nc4ccc(N5CCN(C(=O)OC(C)(C)C)CC5)cn4)ncc3F)cc2n1. The number of carbonyl (C=O) groups excluding carboxylic acids is 1. The third-order valence-electron chi connectivity index (χ3n) is 6.92. The summed E-state index contributed by atoms with van der Waals surface area (Å²) < 4.78 is 20.4. The number of aromatic nitrogens is 5. The molecular weight excluding hydrogens is 537 g/mol. The lowest BCUT2D eigenvalue weighted by atomic mass is 10.1. The fourth-order valence-electron chi connectivity index (χ4n) is 4.71. The standard InChI is InChI=1S/C30H36FN9O2/c1-6-38(7-2)26-19-32-23-10-8-20(16-24(23)35-26)27-22(31)18-34-28(37-27)36-25-11-9-21(17-33-25)39-12-14-40(15-13-39)29(41)42-30(3,4)5/h8-11,16-19H,6-7,12-15H2,1-5H3,(H,33,34,36,37). The zero-order valence-electron chi connectivity index (χ0n) is 24.6. The van der Waals surface area contributed by atoms with Gasteiger partial charge in [0.2, 0.25) is 5.95 Å². The van der Waals surface area contributed by atoms with Gasteiger partial charge in [-0.15, -0.1) is 0 Å². The van der Waals surface area contributed by atoms with Gasteiger partial charge in [-0.25, -0.2) is 29.1 Å². The summed E-state index contributed by atoms with van der Waals surface area (Å²) in [6, 6.07) is 9.14. The van der Waals surface area contributed by atoms with E-state index in [1.807, 2.05) is 39.0 Å². The number of pyridine rings is 1. The molecule has 0 bridgehead atoms. The molecule has 0 aliphatic carbocycles. The van der Waals surface area contributed by atoms with Crippen LogP contribution >= 0.6 is 0 Å². The number of piperazine rings is 1. The first-order valence-electron chi connectivity index (χ1n) is 14.1. The monoisotopic (exact) mass is 573 g/mol. The molecule has 1 aliphatic heterocycles. The second kappa shape index (κ2) is 12.1. The first-order valence-corrected chi connectivity index (χ1v) is 14.1. The Morgan fingerprint density at radius 2 is 1.71 bits per heavy atom. The summed E-state index contributed by atoms with van der Waals surface area (Å²) in [7, 11) is 0. The van der Waals surface area contributed by atoms with Crippen LogP contribution in [0.1, 0.15) is 34.6 Å². The number of halogens is 1. The maximum Gasteiger partial charge on any atom is 0.410 e. The summed E-state index contributed by atoms with van der Waals surface area (Å²) in [5, 5.41) is 3.07. The lowest BCUT2D eigenvalue weighted by molar-refractivity contribution is 0.0240. The number of benzene rings is 1. The molecule has 1 saturated heterocycles. The molecule has 1 aliphatic rings. The van der Waals surface area contributed by atoms with E-state index in [-0.39, 0.29) is 17.7 Å². The Labute approximate surface area is 244 Å². The summed E-state index contributed by atoms with van der Waals surface area (Å²) in [5.41, 5.74) is 2.53. The number of nitrogens with zero attached hydrogens (tertiary/aromatic N) is 8. The molecular formula is C30H36FN9O2. The van der Waals surface area contributed by atoms with Crippen LogP contribution in [0.3, 0.4) is 0 Å². The van der Waals surface area contributed by atoms with Crippen molar-refractivity contribution in [3.05, 3.63) is 54.7 Å². The van der Waals surface area contributed by atoms with Gasteiger partial charge in [0, 0.05) is 44.8 Å². The van der Waals surface area contributed by atoms with Crippen LogP contribution in [0.2, 0.25) is 0 Å². The van der Waals surface area contributed by atoms with Gasteiger partial charge < -0.3 is 24.8 Å². The predicted octanol–water partition coefficient (Wildman–Crippen LogP) is 5.27. The molecule has 1 fully saturated rings. The van der Waals surface area contributed by atoms with E-state index in [0.717, 1.165) is 36.3 Å². The van der Waals surface area contributed by atoms with Gasteiger partial charge in [-0.2, -0.15) is 0 Å². The molecule has 1 amide bonds. The van der Waals surface area contributed by atoms with Crippen molar-refractivity contribution in [2.24, 2.45) is 0 Å². The molecule has 12 heteroatoms. The summed E-state index contributed by atoms with van der Waals surface area (Å²) in [6.45, 7) is 13.8. The molecule has 11 nitrogen and oxygen atoms in total. The predicted molar refractivity (Wildman–Crippen MR) is 162 cm³/mol. The van der Waals surface area contributed by atoms with E-state index in [4.69, 9.17) is 9.72 Å². The van der Waals surface area contributed by atoms with E-state index in [0.29, 0.717) is 43.1 Å². The van der Waals surface area contributed by atoms with E-state index in [1.54, 1.807) is 29.4 Å². The number of carbonyl (C=O) groups is 1. The Balaban J connectivity index is 1.27. The lowest BCUT2D eigenvalue weighted by Crippen LogP contribution is -2.50. The molecule has 0 unspecified atom stereocenters. The fourth-order valence-corrected chi connectivity index (χ4v) is 4.71. The van der Waals surface area contributed by atoms with Crippen LogP contribution in [0, 0.1) is 5.82 Å². The molecule has 1 aromatic carbocycles. The second-order valence-electron chi connectivity index (χ2n) is 11.0. The molecule has 0 radical (unpaired) electrons. The highest BCUT2D eigenvalue weighted by atomic mass is 19.1. The van der Waals surface area contributed by atoms with Gasteiger partial charge in [0.15, 0.2) is 5.82 Å². The van der Waals surface area contributed by atoms with Crippen LogP contribution < -0.4 is 15.1 Å². The van der Waals surface area contributed by atoms with E-state index >= 15 is 0 Å². The van der Waals surface area contributed by atoms with Gasteiger partial charge in [-0.3, -0.25) is 4.98 Å². The van der Waals surface area contributed by atoms with Gasteiger partial charge in [0.1, 0.15) is 22.9 Å². The van der Waals surface area contributed by atoms with E-state index < -0.39 is 11.4 Å². The van der Waals surface area contributed by atoms with Crippen LogP contribution in [-0.4, -0.2) is 80.8 Å². The molecule has 4 heterocycles. The van der Waals surface area contributed by atoms with Gasteiger partial charge in [0.05, 0.1) is 35.3 Å². The second-order valence-corrected chi connectivity index (χ2v) is 11.0. The first-order chi connectivity index (χ1) is 20.1. The molecule has 4 aromatic rings. The third kappa shape index (κ3) is 6.64. The molecule has 220 valence electrons. The molecule has 0 spiro atoms. The number of hydrogen-bond acceptors (Lipinski definition) is 10. The number of ether oxygens (including phenoxy) is 1. The van der Waals surface area contributed by atoms with E-state index in [1.165, 1.54) is 0 Å². The fraction of sp³-hybridized carbons (Fsp3) is 0.400. The van der Waals surface area contributed by atoms with Crippen molar-refractivity contribution in [3.63, 3.8) is 0 Å². The highest BCUT2D eigenvalue weighted by molar-refractivity contribution is 5.81. The Hall–Kier alpha value is -4.61. The molecule has 0 saturated carbocycles. The van der Waals surface area contributed by atoms with E-state index in [2.05, 4.69) is 48.9 Å². The molecule has 3 aromatic heterocycles. The minimum Gasteiger partial charge on any atom is -0.444 e. The Morgan fingerprint density at radius 3 is 2.38 bits per heavy atom. The number of hydrogen-bond donors (Lipinski definition) is 1. The Bertz CT molecular complexity index is 1550. The van der Waals surface area contributed by atoms with Crippen molar-refractivity contribution < 1.29 is 13.9 Å².